The number of hydrogen-bond donors (Lipinski definition) is 2. The number of amides is 1. The van der Waals surface area contributed by atoms with Crippen molar-refractivity contribution in [2.24, 2.45) is 11.7 Å². The van der Waals surface area contributed by atoms with Crippen molar-refractivity contribution < 1.29 is 4.79 Å². The minimum Gasteiger partial charge on any atom is -0.353 e. The zero-order valence-electron chi connectivity index (χ0n) is 12.0. The number of rotatable bonds is 5. The minimum absolute atomic E-state index is 0. The molecule has 0 aromatic heterocycles. The normalized spacial score (nSPS) is 18.1. The van der Waals surface area contributed by atoms with Gasteiger partial charge in [-0.25, -0.2) is 0 Å². The Morgan fingerprint density at radius 1 is 1.30 bits per heavy atom. The number of hydrogen-bond acceptors (Lipinski definition) is 2. The van der Waals surface area contributed by atoms with E-state index in [0.717, 1.165) is 5.56 Å². The number of nitrogens with one attached hydrogen (secondary N) is 1. The zero-order chi connectivity index (χ0) is 13.7. The molecule has 3 N–H and O–H groups in total. The minimum atomic E-state index is -0.231. The van der Waals surface area contributed by atoms with Crippen molar-refractivity contribution >= 4 is 18.3 Å². The zero-order valence-corrected chi connectivity index (χ0v) is 12.9. The first-order chi connectivity index (χ1) is 9.22. The third-order valence-electron chi connectivity index (χ3n) is 4.23. The SMILES string of the molecule is CC(NC(=O)C(CN)c1ccccc1)C1CCCC1.Cl. The topological polar surface area (TPSA) is 55.1 Å². The summed E-state index contributed by atoms with van der Waals surface area (Å²) in [6.07, 6.45) is 5.06. The first-order valence-corrected chi connectivity index (χ1v) is 7.27. The smallest absolute Gasteiger partial charge is 0.229 e. The Hall–Kier alpha value is -1.06. The van der Waals surface area contributed by atoms with Gasteiger partial charge in [-0.3, -0.25) is 4.79 Å². The maximum Gasteiger partial charge on any atom is 0.229 e. The molecule has 4 heteroatoms. The Bertz CT molecular complexity index is 404. The second-order valence-corrected chi connectivity index (χ2v) is 5.54. The van der Waals surface area contributed by atoms with Crippen LogP contribution in [0.2, 0.25) is 0 Å². The summed E-state index contributed by atoms with van der Waals surface area (Å²) in [5.74, 6) is 0.469. The highest BCUT2D eigenvalue weighted by Crippen LogP contribution is 2.28. The largest absolute Gasteiger partial charge is 0.353 e. The quantitative estimate of drug-likeness (QED) is 0.878. The lowest BCUT2D eigenvalue weighted by Gasteiger charge is -2.23. The molecule has 0 bridgehead atoms. The van der Waals surface area contributed by atoms with Crippen molar-refractivity contribution in [3.63, 3.8) is 0 Å². The molecule has 3 nitrogen and oxygen atoms in total. The van der Waals surface area contributed by atoms with Crippen molar-refractivity contribution in [3.05, 3.63) is 35.9 Å². The van der Waals surface area contributed by atoms with Gasteiger partial charge in [0.25, 0.3) is 0 Å². The second-order valence-electron chi connectivity index (χ2n) is 5.54. The molecular weight excluding hydrogens is 272 g/mol. The fraction of sp³-hybridized carbons (Fsp3) is 0.562. The Kier molecular flexibility index (Phi) is 7.03. The molecule has 112 valence electrons. The van der Waals surface area contributed by atoms with Crippen LogP contribution in [0.15, 0.2) is 30.3 Å². The van der Waals surface area contributed by atoms with E-state index in [-0.39, 0.29) is 30.3 Å². The molecule has 1 saturated carbocycles. The summed E-state index contributed by atoms with van der Waals surface area (Å²) in [6.45, 7) is 2.47. The first-order valence-electron chi connectivity index (χ1n) is 7.27. The van der Waals surface area contributed by atoms with E-state index in [4.69, 9.17) is 5.73 Å². The fourth-order valence-corrected chi connectivity index (χ4v) is 2.98. The molecule has 1 aliphatic carbocycles. The van der Waals surface area contributed by atoms with Gasteiger partial charge in [-0.2, -0.15) is 0 Å². The lowest BCUT2D eigenvalue weighted by atomic mass is 9.95. The molecule has 2 atom stereocenters. The predicted molar refractivity (Wildman–Crippen MR) is 85.0 cm³/mol. The van der Waals surface area contributed by atoms with Crippen LogP contribution in [0.5, 0.6) is 0 Å². The highest BCUT2D eigenvalue weighted by molar-refractivity contribution is 5.85. The molecule has 1 aromatic rings. The van der Waals surface area contributed by atoms with Crippen LogP contribution in [0.4, 0.5) is 0 Å². The van der Waals surface area contributed by atoms with E-state index in [1.807, 2.05) is 30.3 Å². The van der Waals surface area contributed by atoms with Crippen LogP contribution in [0, 0.1) is 5.92 Å². The van der Waals surface area contributed by atoms with Gasteiger partial charge in [0.2, 0.25) is 5.91 Å². The molecule has 0 spiro atoms. The first kappa shape index (κ1) is 17.0. The van der Waals surface area contributed by atoms with E-state index in [1.165, 1.54) is 25.7 Å². The van der Waals surface area contributed by atoms with Gasteiger partial charge in [0.15, 0.2) is 0 Å². The fourth-order valence-electron chi connectivity index (χ4n) is 2.98. The van der Waals surface area contributed by atoms with Crippen LogP contribution in [0.25, 0.3) is 0 Å². The number of halogens is 1. The summed E-state index contributed by atoms with van der Waals surface area (Å²) in [5, 5.41) is 3.15. The summed E-state index contributed by atoms with van der Waals surface area (Å²) in [5.41, 5.74) is 6.78. The molecule has 2 unspecified atom stereocenters. The average molecular weight is 297 g/mol. The molecule has 0 aliphatic heterocycles. The molecule has 0 radical (unpaired) electrons. The number of carbonyl (C=O) groups excluding carboxylic acids is 1. The molecule has 1 aliphatic rings. The van der Waals surface area contributed by atoms with Crippen molar-refractivity contribution in [1.82, 2.24) is 5.32 Å². The summed E-state index contributed by atoms with van der Waals surface area (Å²) in [7, 11) is 0. The predicted octanol–water partition coefficient (Wildman–Crippen LogP) is 2.85. The second kappa shape index (κ2) is 8.28. The van der Waals surface area contributed by atoms with E-state index < -0.39 is 0 Å². The number of carbonyl (C=O) groups is 1. The third-order valence-corrected chi connectivity index (χ3v) is 4.23. The van der Waals surface area contributed by atoms with E-state index >= 15 is 0 Å². The van der Waals surface area contributed by atoms with Crippen molar-refractivity contribution in [1.29, 1.82) is 0 Å². The van der Waals surface area contributed by atoms with Gasteiger partial charge in [0, 0.05) is 12.6 Å². The molecule has 0 heterocycles. The molecule has 20 heavy (non-hydrogen) atoms. The monoisotopic (exact) mass is 296 g/mol. The maximum absolute atomic E-state index is 12.4. The molecular formula is C16H25ClN2O. The van der Waals surface area contributed by atoms with Crippen LogP contribution in [0.1, 0.15) is 44.1 Å². The van der Waals surface area contributed by atoms with Gasteiger partial charge in [0.05, 0.1) is 5.92 Å². The summed E-state index contributed by atoms with van der Waals surface area (Å²) >= 11 is 0. The van der Waals surface area contributed by atoms with Gasteiger partial charge in [-0.15, -0.1) is 12.4 Å². The van der Waals surface area contributed by atoms with Crippen LogP contribution in [0.3, 0.4) is 0 Å². The van der Waals surface area contributed by atoms with E-state index in [9.17, 15) is 4.79 Å². The van der Waals surface area contributed by atoms with E-state index in [0.29, 0.717) is 12.5 Å². The maximum atomic E-state index is 12.4. The number of nitrogens with two attached hydrogens (primary N) is 1. The van der Waals surface area contributed by atoms with Crippen molar-refractivity contribution in [2.75, 3.05) is 6.54 Å². The van der Waals surface area contributed by atoms with Gasteiger partial charge in [-0.1, -0.05) is 43.2 Å². The van der Waals surface area contributed by atoms with E-state index in [1.54, 1.807) is 0 Å². The third kappa shape index (κ3) is 4.22. The van der Waals surface area contributed by atoms with Crippen molar-refractivity contribution in [2.45, 2.75) is 44.6 Å². The van der Waals surface area contributed by atoms with Crippen molar-refractivity contribution in [3.8, 4) is 0 Å². The molecule has 1 fully saturated rings. The molecule has 0 saturated heterocycles. The Morgan fingerprint density at radius 3 is 2.45 bits per heavy atom. The van der Waals surface area contributed by atoms with Gasteiger partial charge in [-0.05, 0) is 31.2 Å². The van der Waals surface area contributed by atoms with Crippen LogP contribution < -0.4 is 11.1 Å². The van der Waals surface area contributed by atoms with Crippen LogP contribution >= 0.6 is 12.4 Å². The van der Waals surface area contributed by atoms with Gasteiger partial charge >= 0.3 is 0 Å². The molecule has 2 rings (SSSR count). The average Bonchev–Trinajstić information content (AvgIpc) is 2.94. The molecule has 1 amide bonds. The highest BCUT2D eigenvalue weighted by atomic mass is 35.5. The summed E-state index contributed by atoms with van der Waals surface area (Å²) in [6, 6.07) is 10.1. The Labute approximate surface area is 127 Å². The Balaban J connectivity index is 0.00000200. The van der Waals surface area contributed by atoms with Crippen LogP contribution in [-0.4, -0.2) is 18.5 Å². The lowest BCUT2D eigenvalue weighted by Crippen LogP contribution is -2.41. The highest BCUT2D eigenvalue weighted by Gasteiger charge is 2.26. The van der Waals surface area contributed by atoms with Gasteiger partial charge < -0.3 is 11.1 Å². The lowest BCUT2D eigenvalue weighted by molar-refractivity contribution is -0.123. The van der Waals surface area contributed by atoms with Gasteiger partial charge in [0.1, 0.15) is 0 Å². The standard InChI is InChI=1S/C16H24N2O.ClH/c1-12(13-7-5-6-8-13)18-16(19)15(11-17)14-9-3-2-4-10-14;/h2-4,9-10,12-13,15H,5-8,11,17H2,1H3,(H,18,19);1H. The van der Waals surface area contributed by atoms with E-state index in [2.05, 4.69) is 12.2 Å². The summed E-state index contributed by atoms with van der Waals surface area (Å²) in [4.78, 5) is 12.4. The molecule has 1 aromatic carbocycles. The number of benzene rings is 1. The Morgan fingerprint density at radius 2 is 1.90 bits per heavy atom. The van der Waals surface area contributed by atoms with Crippen LogP contribution in [-0.2, 0) is 4.79 Å². The summed E-state index contributed by atoms with van der Waals surface area (Å²) < 4.78 is 0.